The SMILES string of the molecule is CCc1cc[n+]([O-])c(S(=O)(=O)Cc2c(C(F)(F)F)nn(C)c2OC(F)F)c1. The Morgan fingerprint density at radius 3 is 2.52 bits per heavy atom. The summed E-state index contributed by atoms with van der Waals surface area (Å²) < 4.78 is 94.1. The number of hydrogen-bond donors (Lipinski definition) is 0. The average Bonchev–Trinajstić information content (AvgIpc) is 2.83. The summed E-state index contributed by atoms with van der Waals surface area (Å²) in [5.41, 5.74) is -2.34. The molecule has 0 fully saturated rings. The van der Waals surface area contributed by atoms with Gasteiger partial charge in [0.1, 0.15) is 0 Å². The smallest absolute Gasteiger partial charge is 0.435 e. The zero-order valence-corrected chi connectivity index (χ0v) is 14.8. The predicted molar refractivity (Wildman–Crippen MR) is 80.5 cm³/mol. The zero-order chi connectivity index (χ0) is 20.6. The molecule has 0 atom stereocenters. The minimum absolute atomic E-state index is 0.0221. The van der Waals surface area contributed by atoms with Gasteiger partial charge in [0.05, 0.1) is 11.3 Å². The molecule has 0 aliphatic heterocycles. The lowest BCUT2D eigenvalue weighted by molar-refractivity contribution is -0.646. The van der Waals surface area contributed by atoms with Gasteiger partial charge in [-0.05, 0) is 12.0 Å². The molecular weight excluding hydrogens is 401 g/mol. The van der Waals surface area contributed by atoms with Crippen LogP contribution in [0, 0.1) is 5.21 Å². The number of aromatic nitrogens is 3. The van der Waals surface area contributed by atoms with Crippen molar-refractivity contribution in [1.29, 1.82) is 0 Å². The van der Waals surface area contributed by atoms with Gasteiger partial charge >= 0.3 is 17.8 Å². The minimum atomic E-state index is -5.12. The van der Waals surface area contributed by atoms with Crippen LogP contribution in [-0.4, -0.2) is 24.8 Å². The van der Waals surface area contributed by atoms with E-state index in [1.165, 1.54) is 6.07 Å². The highest BCUT2D eigenvalue weighted by molar-refractivity contribution is 7.90. The fourth-order valence-electron chi connectivity index (χ4n) is 2.36. The van der Waals surface area contributed by atoms with Crippen molar-refractivity contribution in [3.05, 3.63) is 40.4 Å². The van der Waals surface area contributed by atoms with Crippen LogP contribution in [0.4, 0.5) is 22.0 Å². The average molecular weight is 415 g/mol. The molecule has 0 aromatic carbocycles. The van der Waals surface area contributed by atoms with E-state index in [0.717, 1.165) is 19.3 Å². The summed E-state index contributed by atoms with van der Waals surface area (Å²) in [6.45, 7) is -1.82. The minimum Gasteiger partial charge on any atom is -0.618 e. The molecule has 7 nitrogen and oxygen atoms in total. The van der Waals surface area contributed by atoms with E-state index in [2.05, 4.69) is 9.84 Å². The van der Waals surface area contributed by atoms with Gasteiger partial charge in [-0.1, -0.05) is 6.92 Å². The first-order chi connectivity index (χ1) is 12.4. The normalized spacial score (nSPS) is 12.6. The maximum absolute atomic E-state index is 13.2. The number of pyridine rings is 1. The van der Waals surface area contributed by atoms with Crippen molar-refractivity contribution in [2.75, 3.05) is 0 Å². The van der Waals surface area contributed by atoms with Gasteiger partial charge in [0, 0.05) is 19.2 Å². The van der Waals surface area contributed by atoms with Gasteiger partial charge in [0.2, 0.25) is 15.7 Å². The first-order valence-corrected chi connectivity index (χ1v) is 9.04. The van der Waals surface area contributed by atoms with E-state index in [9.17, 15) is 35.6 Å². The molecule has 0 saturated heterocycles. The van der Waals surface area contributed by atoms with E-state index >= 15 is 0 Å². The molecule has 2 heterocycles. The Balaban J connectivity index is 2.61. The summed E-state index contributed by atoms with van der Waals surface area (Å²) in [5, 5.41) is 14.1. The van der Waals surface area contributed by atoms with Crippen molar-refractivity contribution in [2.45, 2.75) is 36.9 Å². The topological polar surface area (TPSA) is 88.1 Å². The monoisotopic (exact) mass is 415 g/mol. The highest BCUT2D eigenvalue weighted by Crippen LogP contribution is 2.37. The number of rotatable bonds is 6. The molecule has 0 unspecified atom stereocenters. The highest BCUT2D eigenvalue weighted by Gasteiger charge is 2.42. The van der Waals surface area contributed by atoms with E-state index < -0.39 is 50.5 Å². The molecule has 0 aliphatic rings. The summed E-state index contributed by atoms with van der Waals surface area (Å²) >= 11 is 0. The van der Waals surface area contributed by atoms with Gasteiger partial charge in [-0.3, -0.25) is 0 Å². The molecule has 2 aromatic rings. The van der Waals surface area contributed by atoms with Crippen LogP contribution in [0.5, 0.6) is 5.88 Å². The number of halogens is 5. The van der Waals surface area contributed by atoms with Crippen molar-refractivity contribution < 1.29 is 39.8 Å². The van der Waals surface area contributed by atoms with Gasteiger partial charge in [-0.15, -0.1) is 0 Å². The maximum atomic E-state index is 13.2. The molecule has 0 bridgehead atoms. The van der Waals surface area contributed by atoms with Crippen molar-refractivity contribution in [3.8, 4) is 5.88 Å². The molecule has 0 radical (unpaired) electrons. The van der Waals surface area contributed by atoms with Crippen molar-refractivity contribution in [1.82, 2.24) is 9.78 Å². The maximum Gasteiger partial charge on any atom is 0.435 e. The molecule has 0 spiro atoms. The summed E-state index contributed by atoms with van der Waals surface area (Å²) in [4.78, 5) is 0. The predicted octanol–water partition coefficient (Wildman–Crippen LogP) is 2.21. The van der Waals surface area contributed by atoms with E-state index in [0.29, 0.717) is 16.7 Å². The lowest BCUT2D eigenvalue weighted by atomic mass is 10.2. The third kappa shape index (κ3) is 4.46. The van der Waals surface area contributed by atoms with Gasteiger partial charge in [-0.25, -0.2) is 13.1 Å². The van der Waals surface area contributed by atoms with Crippen molar-refractivity contribution in [3.63, 3.8) is 0 Å². The molecule has 2 rings (SSSR count). The zero-order valence-electron chi connectivity index (χ0n) is 14.0. The largest absolute Gasteiger partial charge is 0.618 e. The van der Waals surface area contributed by atoms with E-state index in [1.54, 1.807) is 6.92 Å². The molecule has 27 heavy (non-hydrogen) atoms. The standard InChI is InChI=1S/C14H14F5N3O4S/c1-3-8-4-5-22(23)10(6-8)27(24,25)7-9-11(14(17,18)19)20-21(2)12(9)26-13(15)16/h4-6,13H,3,7H2,1-2H3. The molecule has 13 heteroatoms. The van der Waals surface area contributed by atoms with Gasteiger partial charge in [0.15, 0.2) is 11.9 Å². The Bertz CT molecular complexity index is 941. The molecule has 150 valence electrons. The number of ether oxygens (including phenoxy) is 1. The van der Waals surface area contributed by atoms with Crippen LogP contribution >= 0.6 is 0 Å². The number of hydrogen-bond acceptors (Lipinski definition) is 5. The lowest BCUT2D eigenvalue weighted by Gasteiger charge is -2.11. The van der Waals surface area contributed by atoms with Gasteiger partial charge < -0.3 is 9.94 Å². The summed E-state index contributed by atoms with van der Waals surface area (Å²) in [6, 6.07) is 2.36. The highest BCUT2D eigenvalue weighted by atomic mass is 32.2. The Morgan fingerprint density at radius 2 is 2.00 bits per heavy atom. The van der Waals surface area contributed by atoms with E-state index in [1.807, 2.05) is 0 Å². The molecule has 0 N–H and O–H groups in total. The summed E-state index contributed by atoms with van der Waals surface area (Å²) in [6.07, 6.45) is -3.86. The van der Waals surface area contributed by atoms with E-state index in [-0.39, 0.29) is 4.73 Å². The van der Waals surface area contributed by atoms with Crippen LogP contribution in [-0.2, 0) is 35.2 Å². The molecule has 0 saturated carbocycles. The van der Waals surface area contributed by atoms with Gasteiger partial charge in [-0.2, -0.15) is 31.8 Å². The van der Waals surface area contributed by atoms with Crippen LogP contribution in [0.25, 0.3) is 0 Å². The third-order valence-corrected chi connectivity index (χ3v) is 5.17. The first-order valence-electron chi connectivity index (χ1n) is 7.39. The summed E-state index contributed by atoms with van der Waals surface area (Å²) in [7, 11) is -3.73. The molecular formula is C14H14F5N3O4S. The molecule has 0 aliphatic carbocycles. The Kier molecular flexibility index (Phi) is 5.63. The number of nitrogens with zero attached hydrogens (tertiary/aromatic N) is 3. The summed E-state index contributed by atoms with van der Waals surface area (Å²) in [5.74, 6) is -2.45. The van der Waals surface area contributed by atoms with Crippen LogP contribution in [0.3, 0.4) is 0 Å². The number of aryl methyl sites for hydroxylation is 2. The van der Waals surface area contributed by atoms with Gasteiger partial charge in [0.25, 0.3) is 0 Å². The Hall–Kier alpha value is -2.44. The molecule has 0 amide bonds. The van der Waals surface area contributed by atoms with Crippen LogP contribution in [0.15, 0.2) is 23.4 Å². The van der Waals surface area contributed by atoms with Crippen LogP contribution in [0.1, 0.15) is 23.7 Å². The number of sulfone groups is 1. The second-order valence-corrected chi connectivity index (χ2v) is 7.38. The fourth-order valence-corrected chi connectivity index (χ4v) is 3.81. The third-order valence-electron chi connectivity index (χ3n) is 3.57. The number of alkyl halides is 5. The van der Waals surface area contributed by atoms with Crippen molar-refractivity contribution in [2.24, 2.45) is 7.05 Å². The Labute approximate surface area is 150 Å². The fraction of sp³-hybridized carbons (Fsp3) is 0.429. The quantitative estimate of drug-likeness (QED) is 0.410. The van der Waals surface area contributed by atoms with Crippen LogP contribution in [0.2, 0.25) is 0 Å². The first kappa shape index (κ1) is 20.9. The van der Waals surface area contributed by atoms with Crippen molar-refractivity contribution >= 4 is 9.84 Å². The second-order valence-electron chi connectivity index (χ2n) is 5.44. The van der Waals surface area contributed by atoms with Crippen LogP contribution < -0.4 is 9.47 Å². The van der Waals surface area contributed by atoms with E-state index in [4.69, 9.17) is 0 Å². The second kappa shape index (κ2) is 7.29. The Morgan fingerprint density at radius 1 is 1.37 bits per heavy atom. The lowest BCUT2D eigenvalue weighted by Crippen LogP contribution is -2.34. The molecule has 2 aromatic heterocycles.